The van der Waals surface area contributed by atoms with E-state index in [1.54, 1.807) is 0 Å². The van der Waals surface area contributed by atoms with Gasteiger partial charge in [-0.25, -0.2) is 0 Å². The van der Waals surface area contributed by atoms with Crippen LogP contribution in [0.5, 0.6) is 0 Å². The highest BCUT2D eigenvalue weighted by Gasteiger charge is 2.53. The van der Waals surface area contributed by atoms with E-state index in [0.717, 1.165) is 122 Å². The number of unbranched alkanes of at least 4 members (excludes halogenated alkanes) is 18. The molecule has 0 aromatic rings. The third-order valence-corrected chi connectivity index (χ3v) is 17.3. The Morgan fingerprint density at radius 2 is 0.726 bits per heavy atom. The number of carbonyl (C=O) groups is 1. The van der Waals surface area contributed by atoms with Crippen molar-refractivity contribution in [1.29, 1.82) is 0 Å². The topological polar surface area (TPSA) is 307 Å². The van der Waals surface area contributed by atoms with Gasteiger partial charge < -0.3 is 89.9 Å². The molecular formula is C76H127NO18. The van der Waals surface area contributed by atoms with Gasteiger partial charge in [-0.05, 0) is 89.9 Å². The predicted molar refractivity (Wildman–Crippen MR) is 373 cm³/mol. The van der Waals surface area contributed by atoms with Crippen molar-refractivity contribution < 1.29 is 89.4 Å². The Bertz CT molecular complexity index is 2190. The Labute approximate surface area is 569 Å². The van der Waals surface area contributed by atoms with E-state index in [0.29, 0.717) is 12.8 Å². The lowest BCUT2D eigenvalue weighted by molar-refractivity contribution is -0.379. The van der Waals surface area contributed by atoms with Gasteiger partial charge in [-0.1, -0.05) is 245 Å². The van der Waals surface area contributed by atoms with Crippen LogP contribution in [-0.4, -0.2) is 193 Å². The third-order valence-electron chi connectivity index (χ3n) is 17.3. The summed E-state index contributed by atoms with van der Waals surface area (Å²) in [4.78, 5) is 13.4. The molecule has 3 saturated heterocycles. The highest BCUT2D eigenvalue weighted by atomic mass is 16.8. The van der Waals surface area contributed by atoms with Crippen LogP contribution < -0.4 is 5.32 Å². The molecule has 3 fully saturated rings. The second kappa shape index (κ2) is 56.0. The average Bonchev–Trinajstić information content (AvgIpc) is 0.797. The maximum absolute atomic E-state index is 13.4. The molecule has 0 aliphatic carbocycles. The smallest absolute Gasteiger partial charge is 0.220 e. The minimum Gasteiger partial charge on any atom is -0.394 e. The molecule has 0 aromatic heterocycles. The molecule has 3 heterocycles. The van der Waals surface area contributed by atoms with Gasteiger partial charge in [0.15, 0.2) is 18.9 Å². The van der Waals surface area contributed by atoms with Crippen LogP contribution in [0.2, 0.25) is 0 Å². The summed E-state index contributed by atoms with van der Waals surface area (Å²) >= 11 is 0. The van der Waals surface area contributed by atoms with E-state index in [1.807, 2.05) is 0 Å². The van der Waals surface area contributed by atoms with Crippen LogP contribution in [0.4, 0.5) is 0 Å². The molecule has 3 aliphatic heterocycles. The van der Waals surface area contributed by atoms with Gasteiger partial charge in [0.25, 0.3) is 0 Å². The number of ether oxygens (including phenoxy) is 6. The lowest BCUT2D eigenvalue weighted by atomic mass is 9.96. The summed E-state index contributed by atoms with van der Waals surface area (Å²) in [6.07, 6.45) is 50.3. The average molecular weight is 1340 g/mol. The molecule has 0 radical (unpaired) electrons. The molecule has 19 nitrogen and oxygen atoms in total. The van der Waals surface area contributed by atoms with E-state index in [1.165, 1.54) is 64.2 Å². The van der Waals surface area contributed by atoms with E-state index in [-0.39, 0.29) is 18.9 Å². The fourth-order valence-corrected chi connectivity index (χ4v) is 11.5. The number of aliphatic hydroxyl groups excluding tert-OH is 11. The van der Waals surface area contributed by atoms with Gasteiger partial charge in [0.1, 0.15) is 73.2 Å². The van der Waals surface area contributed by atoms with Gasteiger partial charge in [0, 0.05) is 6.42 Å². The van der Waals surface area contributed by atoms with Crippen molar-refractivity contribution in [1.82, 2.24) is 5.32 Å². The van der Waals surface area contributed by atoms with Crippen molar-refractivity contribution in [2.45, 2.75) is 324 Å². The molecule has 0 spiro atoms. The van der Waals surface area contributed by atoms with E-state index in [4.69, 9.17) is 28.4 Å². The first-order valence-corrected chi connectivity index (χ1v) is 36.3. The Kier molecular flexibility index (Phi) is 50.3. The van der Waals surface area contributed by atoms with Crippen molar-refractivity contribution in [2.75, 3.05) is 26.4 Å². The summed E-state index contributed by atoms with van der Waals surface area (Å²) in [5, 5.41) is 120. The SMILES string of the molecule is CC/C=C\C/C=C\C/C=C\C/C=C\C/C=C\C/C=C\C/C=C\C/C=C\C/C=C\C/C=C\CCCCCCCCCCCCC(=O)NC(COC1OC(CO)C(OC2OC(CO)C(OC3OC(CO)C(O)C(O)C3O)C(O)C2O)C(O)C1O)C(O)CCCCCCCCCCC. The summed E-state index contributed by atoms with van der Waals surface area (Å²) in [6, 6.07) is -0.895. The molecular weight excluding hydrogens is 1210 g/mol. The molecule has 17 atom stereocenters. The van der Waals surface area contributed by atoms with Crippen molar-refractivity contribution in [3.05, 3.63) is 122 Å². The van der Waals surface area contributed by atoms with E-state index in [9.17, 15) is 61.0 Å². The number of rotatable bonds is 54. The standard InChI is InChI=1S/C76H127NO18/c1-3-5-7-9-11-13-14-15-16-17-18-19-20-21-22-23-24-25-26-27-28-29-30-31-32-33-34-35-36-37-38-39-40-41-42-43-44-46-48-50-52-54-64(82)77-59(60(81)53-51-49-47-45-12-10-8-6-4-2)58-90-74-70(88)67(85)72(62(56-79)92-74)95-76-71(89)68(86)73(63(57-80)93-76)94-75-69(87)66(84)65(83)61(55-78)91-75/h5,7,11,13,15-16,18-19,21-22,24-25,27-28,30-31,33-34,36-37,59-63,65-76,78-81,83-89H,3-4,6,8-10,12,14,17,20,23,26,29,32,35,38-58H2,1-2H3,(H,77,82)/b7-5-,13-11-,16-15-,19-18-,22-21-,25-24-,28-27-,31-30-,34-33-,37-36-. The van der Waals surface area contributed by atoms with Gasteiger partial charge in [0.05, 0.1) is 38.6 Å². The van der Waals surface area contributed by atoms with Crippen LogP contribution in [0.1, 0.15) is 219 Å². The molecule has 0 bridgehead atoms. The minimum absolute atomic E-state index is 0.253. The molecule has 544 valence electrons. The van der Waals surface area contributed by atoms with Crippen LogP contribution in [0.15, 0.2) is 122 Å². The number of aliphatic hydroxyl groups is 11. The molecule has 1 amide bonds. The molecule has 12 N–H and O–H groups in total. The Morgan fingerprint density at radius 3 is 1.14 bits per heavy atom. The first kappa shape index (κ1) is 85.4. The van der Waals surface area contributed by atoms with E-state index >= 15 is 0 Å². The van der Waals surface area contributed by atoms with Crippen molar-refractivity contribution >= 4 is 5.91 Å². The second-order valence-electron chi connectivity index (χ2n) is 25.3. The van der Waals surface area contributed by atoms with Crippen LogP contribution in [0, 0.1) is 0 Å². The number of nitrogens with one attached hydrogen (secondary N) is 1. The number of allylic oxidation sites excluding steroid dienone is 20. The van der Waals surface area contributed by atoms with Crippen LogP contribution in [0.25, 0.3) is 0 Å². The van der Waals surface area contributed by atoms with Crippen LogP contribution in [-0.2, 0) is 33.2 Å². The summed E-state index contributed by atoms with van der Waals surface area (Å²) in [6.45, 7) is 1.62. The first-order chi connectivity index (χ1) is 46.3. The van der Waals surface area contributed by atoms with Gasteiger partial charge in [-0.3, -0.25) is 4.79 Å². The van der Waals surface area contributed by atoms with Gasteiger partial charge in [-0.2, -0.15) is 0 Å². The van der Waals surface area contributed by atoms with E-state index in [2.05, 4.69) is 141 Å². The van der Waals surface area contributed by atoms with E-state index < -0.39 is 124 Å². The lowest BCUT2D eigenvalue weighted by Gasteiger charge is -2.48. The number of carbonyl (C=O) groups excluding carboxylic acids is 1. The van der Waals surface area contributed by atoms with Crippen molar-refractivity contribution in [3.8, 4) is 0 Å². The van der Waals surface area contributed by atoms with Gasteiger partial charge in [-0.15, -0.1) is 0 Å². The molecule has 17 unspecified atom stereocenters. The number of hydrogen-bond donors (Lipinski definition) is 12. The highest BCUT2D eigenvalue weighted by Crippen LogP contribution is 2.33. The summed E-state index contributed by atoms with van der Waals surface area (Å²) < 4.78 is 34.3. The maximum Gasteiger partial charge on any atom is 0.220 e. The number of hydrogen-bond acceptors (Lipinski definition) is 18. The van der Waals surface area contributed by atoms with Crippen molar-refractivity contribution in [3.63, 3.8) is 0 Å². The first-order valence-electron chi connectivity index (χ1n) is 36.3. The number of amides is 1. The minimum atomic E-state index is -1.98. The Morgan fingerprint density at radius 1 is 0.389 bits per heavy atom. The lowest BCUT2D eigenvalue weighted by Crippen LogP contribution is -2.66. The monoisotopic (exact) mass is 1340 g/mol. The molecule has 3 aliphatic rings. The zero-order valence-corrected chi connectivity index (χ0v) is 57.6. The summed E-state index contributed by atoms with van der Waals surface area (Å²) in [7, 11) is 0. The maximum atomic E-state index is 13.4. The van der Waals surface area contributed by atoms with Crippen molar-refractivity contribution in [2.24, 2.45) is 0 Å². The normalized spacial score (nSPS) is 27.9. The van der Waals surface area contributed by atoms with Gasteiger partial charge in [0.2, 0.25) is 5.91 Å². The van der Waals surface area contributed by atoms with Crippen LogP contribution in [0.3, 0.4) is 0 Å². The zero-order chi connectivity index (χ0) is 68.9. The van der Waals surface area contributed by atoms with Gasteiger partial charge >= 0.3 is 0 Å². The highest BCUT2D eigenvalue weighted by molar-refractivity contribution is 5.76. The summed E-state index contributed by atoms with van der Waals surface area (Å²) in [5.41, 5.74) is 0. The molecule has 0 aromatic carbocycles. The molecule has 95 heavy (non-hydrogen) atoms. The fourth-order valence-electron chi connectivity index (χ4n) is 11.5. The predicted octanol–water partition coefficient (Wildman–Crippen LogP) is 10.4. The quantitative estimate of drug-likeness (QED) is 0.0199. The Balaban J connectivity index is 1.29. The molecule has 19 heteroatoms. The Hall–Kier alpha value is -3.81. The summed E-state index contributed by atoms with van der Waals surface area (Å²) in [5.74, 6) is -0.255. The second-order valence-corrected chi connectivity index (χ2v) is 25.3. The molecule has 3 rings (SSSR count). The third kappa shape index (κ3) is 37.3. The largest absolute Gasteiger partial charge is 0.394 e. The fraction of sp³-hybridized carbons (Fsp3) is 0.724. The zero-order valence-electron chi connectivity index (χ0n) is 57.6. The van der Waals surface area contributed by atoms with Crippen LogP contribution >= 0.6 is 0 Å². The molecule has 0 saturated carbocycles.